The van der Waals surface area contributed by atoms with E-state index < -0.39 is 0 Å². The van der Waals surface area contributed by atoms with Gasteiger partial charge in [0.05, 0.1) is 0 Å². The summed E-state index contributed by atoms with van der Waals surface area (Å²) in [7, 11) is 0. The van der Waals surface area contributed by atoms with Gasteiger partial charge in [-0.15, -0.1) is 11.3 Å². The SMILES string of the molecule is CCN(Cc1cc(C)sc1C)C1CCCC1CN. The summed E-state index contributed by atoms with van der Waals surface area (Å²) in [6, 6.07) is 3.06. The van der Waals surface area contributed by atoms with Crippen LogP contribution in [0.3, 0.4) is 0 Å². The summed E-state index contributed by atoms with van der Waals surface area (Å²) in [5.74, 6) is 0.713. The fourth-order valence-corrected chi connectivity index (χ4v) is 4.23. The Hall–Kier alpha value is -0.380. The molecule has 0 aromatic carbocycles. The maximum absolute atomic E-state index is 5.92. The Balaban J connectivity index is 2.07. The zero-order valence-corrected chi connectivity index (χ0v) is 12.7. The van der Waals surface area contributed by atoms with E-state index >= 15 is 0 Å². The lowest BCUT2D eigenvalue weighted by atomic mass is 10.0. The van der Waals surface area contributed by atoms with Crippen molar-refractivity contribution in [1.29, 1.82) is 0 Å². The first kappa shape index (κ1) is 14.0. The number of thiophene rings is 1. The predicted molar refractivity (Wildman–Crippen MR) is 80.1 cm³/mol. The topological polar surface area (TPSA) is 29.3 Å². The van der Waals surface area contributed by atoms with Gasteiger partial charge in [0.25, 0.3) is 0 Å². The average molecular weight is 266 g/mol. The van der Waals surface area contributed by atoms with Crippen molar-refractivity contribution in [2.24, 2.45) is 11.7 Å². The van der Waals surface area contributed by atoms with Crippen molar-refractivity contribution in [2.45, 2.75) is 52.6 Å². The second-order valence-electron chi connectivity index (χ2n) is 5.50. The maximum Gasteiger partial charge on any atom is 0.0247 e. The third kappa shape index (κ3) is 2.95. The minimum Gasteiger partial charge on any atom is -0.330 e. The van der Waals surface area contributed by atoms with Crippen LogP contribution in [0.25, 0.3) is 0 Å². The molecule has 102 valence electrons. The van der Waals surface area contributed by atoms with Crippen molar-refractivity contribution in [3.8, 4) is 0 Å². The van der Waals surface area contributed by atoms with Crippen LogP contribution < -0.4 is 5.73 Å². The molecule has 0 spiro atoms. The molecule has 0 radical (unpaired) electrons. The maximum atomic E-state index is 5.92. The Labute approximate surface area is 115 Å². The molecule has 0 saturated heterocycles. The molecule has 1 aliphatic rings. The van der Waals surface area contributed by atoms with Gasteiger partial charge in [-0.05, 0) is 57.3 Å². The number of nitrogens with zero attached hydrogens (tertiary/aromatic N) is 1. The summed E-state index contributed by atoms with van der Waals surface area (Å²) in [4.78, 5) is 5.55. The number of nitrogens with two attached hydrogens (primary N) is 1. The van der Waals surface area contributed by atoms with Gasteiger partial charge in [0.2, 0.25) is 0 Å². The second-order valence-corrected chi connectivity index (χ2v) is 6.96. The van der Waals surface area contributed by atoms with E-state index in [2.05, 4.69) is 31.7 Å². The molecule has 1 heterocycles. The van der Waals surface area contributed by atoms with E-state index in [4.69, 9.17) is 5.73 Å². The van der Waals surface area contributed by atoms with Crippen LogP contribution in [0.5, 0.6) is 0 Å². The van der Waals surface area contributed by atoms with E-state index in [0.717, 1.165) is 19.6 Å². The third-order valence-corrected chi connectivity index (χ3v) is 5.32. The smallest absolute Gasteiger partial charge is 0.0247 e. The molecule has 1 fully saturated rings. The lowest BCUT2D eigenvalue weighted by Gasteiger charge is -2.31. The van der Waals surface area contributed by atoms with Crippen molar-refractivity contribution >= 4 is 11.3 Å². The van der Waals surface area contributed by atoms with Crippen molar-refractivity contribution < 1.29 is 0 Å². The first-order valence-electron chi connectivity index (χ1n) is 7.15. The van der Waals surface area contributed by atoms with Crippen LogP contribution in [0, 0.1) is 19.8 Å². The van der Waals surface area contributed by atoms with E-state index in [1.54, 1.807) is 0 Å². The molecule has 2 atom stereocenters. The molecular formula is C15H26N2S. The lowest BCUT2D eigenvalue weighted by molar-refractivity contribution is 0.162. The van der Waals surface area contributed by atoms with Crippen LogP contribution in [0.4, 0.5) is 0 Å². The van der Waals surface area contributed by atoms with Gasteiger partial charge in [-0.25, -0.2) is 0 Å². The van der Waals surface area contributed by atoms with Crippen molar-refractivity contribution in [2.75, 3.05) is 13.1 Å². The first-order valence-corrected chi connectivity index (χ1v) is 7.97. The molecule has 2 N–H and O–H groups in total. The molecule has 0 amide bonds. The zero-order valence-electron chi connectivity index (χ0n) is 11.9. The van der Waals surface area contributed by atoms with Crippen LogP contribution in [0.2, 0.25) is 0 Å². The fourth-order valence-electron chi connectivity index (χ4n) is 3.30. The summed E-state index contributed by atoms with van der Waals surface area (Å²) in [5.41, 5.74) is 7.44. The Morgan fingerprint density at radius 1 is 1.39 bits per heavy atom. The average Bonchev–Trinajstić information content (AvgIpc) is 2.92. The standard InChI is InChI=1S/C15H26N2S/c1-4-17(15-7-5-6-13(15)9-16)10-14-8-11(2)18-12(14)3/h8,13,15H,4-7,9-10,16H2,1-3H3. The fraction of sp³-hybridized carbons (Fsp3) is 0.733. The lowest BCUT2D eigenvalue weighted by Crippen LogP contribution is -2.39. The van der Waals surface area contributed by atoms with E-state index in [1.165, 1.54) is 34.6 Å². The largest absolute Gasteiger partial charge is 0.330 e. The van der Waals surface area contributed by atoms with E-state index in [0.29, 0.717) is 12.0 Å². The molecule has 0 aliphatic heterocycles. The van der Waals surface area contributed by atoms with Crippen molar-refractivity contribution in [3.05, 3.63) is 21.4 Å². The summed E-state index contributed by atoms with van der Waals surface area (Å²) >= 11 is 1.92. The van der Waals surface area contributed by atoms with E-state index in [1.807, 2.05) is 11.3 Å². The van der Waals surface area contributed by atoms with Crippen LogP contribution in [0.1, 0.15) is 41.5 Å². The molecule has 2 nitrogen and oxygen atoms in total. The van der Waals surface area contributed by atoms with Gasteiger partial charge in [-0.3, -0.25) is 4.90 Å². The third-order valence-electron chi connectivity index (χ3n) is 4.31. The van der Waals surface area contributed by atoms with Gasteiger partial charge in [0, 0.05) is 22.3 Å². The van der Waals surface area contributed by atoms with E-state index in [9.17, 15) is 0 Å². The number of hydrogen-bond donors (Lipinski definition) is 1. The highest BCUT2D eigenvalue weighted by molar-refractivity contribution is 7.12. The van der Waals surface area contributed by atoms with Gasteiger partial charge in [0.1, 0.15) is 0 Å². The molecule has 1 aromatic rings. The molecule has 18 heavy (non-hydrogen) atoms. The zero-order chi connectivity index (χ0) is 13.1. The molecule has 2 rings (SSSR count). The summed E-state index contributed by atoms with van der Waals surface area (Å²) < 4.78 is 0. The summed E-state index contributed by atoms with van der Waals surface area (Å²) in [5, 5.41) is 0. The minimum atomic E-state index is 0.708. The Bertz CT molecular complexity index is 386. The van der Waals surface area contributed by atoms with Gasteiger partial charge < -0.3 is 5.73 Å². The minimum absolute atomic E-state index is 0.708. The molecular weight excluding hydrogens is 240 g/mol. The normalized spacial score (nSPS) is 24.1. The molecule has 1 aliphatic carbocycles. The van der Waals surface area contributed by atoms with Crippen molar-refractivity contribution in [1.82, 2.24) is 4.90 Å². The van der Waals surface area contributed by atoms with Crippen LogP contribution in [-0.2, 0) is 6.54 Å². The van der Waals surface area contributed by atoms with Crippen LogP contribution in [-0.4, -0.2) is 24.0 Å². The van der Waals surface area contributed by atoms with Gasteiger partial charge in [0.15, 0.2) is 0 Å². The van der Waals surface area contributed by atoms with Crippen LogP contribution >= 0.6 is 11.3 Å². The number of aryl methyl sites for hydroxylation is 2. The highest BCUT2D eigenvalue weighted by Crippen LogP contribution is 2.31. The molecule has 1 saturated carbocycles. The second kappa shape index (κ2) is 6.18. The Morgan fingerprint density at radius 3 is 2.72 bits per heavy atom. The van der Waals surface area contributed by atoms with Gasteiger partial charge >= 0.3 is 0 Å². The number of hydrogen-bond acceptors (Lipinski definition) is 3. The first-order chi connectivity index (χ1) is 8.65. The molecule has 0 bridgehead atoms. The Morgan fingerprint density at radius 2 is 2.17 bits per heavy atom. The summed E-state index contributed by atoms with van der Waals surface area (Å²) in [6.07, 6.45) is 4.00. The molecule has 2 unspecified atom stereocenters. The monoisotopic (exact) mass is 266 g/mol. The van der Waals surface area contributed by atoms with Gasteiger partial charge in [-0.2, -0.15) is 0 Å². The van der Waals surface area contributed by atoms with Crippen molar-refractivity contribution in [3.63, 3.8) is 0 Å². The molecule has 1 aromatic heterocycles. The van der Waals surface area contributed by atoms with E-state index in [-0.39, 0.29) is 0 Å². The highest BCUT2D eigenvalue weighted by atomic mass is 32.1. The molecule has 3 heteroatoms. The Kier molecular flexibility index (Phi) is 4.82. The predicted octanol–water partition coefficient (Wildman–Crippen LogP) is 3.31. The van der Waals surface area contributed by atoms with Gasteiger partial charge in [-0.1, -0.05) is 13.3 Å². The summed E-state index contributed by atoms with van der Waals surface area (Å²) in [6.45, 7) is 9.82. The number of rotatable bonds is 5. The van der Waals surface area contributed by atoms with Crippen LogP contribution in [0.15, 0.2) is 6.07 Å². The quantitative estimate of drug-likeness (QED) is 0.886. The highest BCUT2D eigenvalue weighted by Gasteiger charge is 2.30.